The second-order valence-corrected chi connectivity index (χ2v) is 13.9. The van der Waals surface area contributed by atoms with Crippen molar-refractivity contribution in [3.63, 3.8) is 0 Å². The summed E-state index contributed by atoms with van der Waals surface area (Å²) in [6.07, 6.45) is 2.75. The van der Waals surface area contributed by atoms with E-state index in [9.17, 15) is 22.0 Å². The molecular weight excluding hydrogens is 608 g/mol. The summed E-state index contributed by atoms with van der Waals surface area (Å²) in [5, 5.41) is 0.653. The van der Waals surface area contributed by atoms with Gasteiger partial charge in [-0.3, -0.25) is 9.20 Å². The molecule has 2 fully saturated rings. The molecule has 4 aromatic rings. The van der Waals surface area contributed by atoms with Crippen molar-refractivity contribution < 1.29 is 31.5 Å². The third kappa shape index (κ3) is 5.50. The summed E-state index contributed by atoms with van der Waals surface area (Å²) >= 11 is 0. The van der Waals surface area contributed by atoms with E-state index >= 15 is 0 Å². The summed E-state index contributed by atoms with van der Waals surface area (Å²) in [4.78, 5) is 24.9. The van der Waals surface area contributed by atoms with Crippen molar-refractivity contribution in [3.05, 3.63) is 41.6 Å². The maximum absolute atomic E-state index is 13.8. The zero-order valence-corrected chi connectivity index (χ0v) is 26.6. The molecule has 1 aliphatic heterocycles. The van der Waals surface area contributed by atoms with Crippen LogP contribution in [0.25, 0.3) is 28.1 Å². The van der Waals surface area contributed by atoms with Crippen molar-refractivity contribution in [2.75, 3.05) is 37.9 Å². The van der Waals surface area contributed by atoms with Crippen LogP contribution in [0, 0.1) is 18.8 Å². The van der Waals surface area contributed by atoms with Crippen LogP contribution in [0.1, 0.15) is 35.8 Å². The fraction of sp³-hybridized carbons (Fsp3) is 0.500. The number of sulfonamides is 1. The minimum atomic E-state index is -4.28. The van der Waals surface area contributed by atoms with Crippen LogP contribution in [0.3, 0.4) is 0 Å². The van der Waals surface area contributed by atoms with Gasteiger partial charge in [0, 0.05) is 43.3 Å². The molecule has 0 unspecified atom stereocenters. The van der Waals surface area contributed by atoms with Gasteiger partial charge in [0.2, 0.25) is 10.0 Å². The van der Waals surface area contributed by atoms with Gasteiger partial charge in [0.15, 0.2) is 5.88 Å². The van der Waals surface area contributed by atoms with Crippen LogP contribution < -0.4 is 14.8 Å². The molecule has 15 heteroatoms. The fourth-order valence-corrected chi connectivity index (χ4v) is 7.04. The first-order valence-electron chi connectivity index (χ1n) is 14.7. The van der Waals surface area contributed by atoms with Crippen molar-refractivity contribution in [3.8, 4) is 17.3 Å². The number of fused-ring (bicyclic) bond motifs is 2. The van der Waals surface area contributed by atoms with Gasteiger partial charge in [-0.05, 0) is 55.9 Å². The molecule has 6 rings (SSSR count). The number of halogens is 2. The third-order valence-electron chi connectivity index (χ3n) is 8.83. The molecule has 5 heterocycles. The molecular formula is C30H37F2N7O5S. The standard InChI is InChI=1S/C30H37F2N7O5S/c1-16-13-37(22(15-43-3)26(16)33)29(40)20-11-24-34-27(17(2)38(24)25(12-20)44-4)21-10-19-8-9-23(39(30(31)32)45(5,41)42)35-28(19)36(21)14-18-6-7-18/h8-12,16,18,22,26,30H,6-7,13-15,33H2,1-5H3/t16-,22-,26-/m1/s1. The first kappa shape index (κ1) is 31.2. The SMILES string of the molecule is COC[C@@H]1[C@H](N)[C@H](C)CN1C(=O)c1cc(OC)n2c(C)c(-c3cc4ccc(N(C(F)F)S(C)(=O)=O)nc4n3CC3CC3)nc2c1. The Bertz CT molecular complexity index is 1890. The maximum Gasteiger partial charge on any atom is 0.329 e. The first-order chi connectivity index (χ1) is 21.3. The molecule has 4 aromatic heterocycles. The van der Waals surface area contributed by atoms with Crippen LogP contribution in [-0.4, -0.2) is 90.4 Å². The van der Waals surface area contributed by atoms with Crippen molar-refractivity contribution in [1.29, 1.82) is 0 Å². The quantitative estimate of drug-likeness (QED) is 0.259. The smallest absolute Gasteiger partial charge is 0.329 e. The number of amides is 1. The maximum atomic E-state index is 13.8. The third-order valence-corrected chi connectivity index (χ3v) is 9.89. The van der Waals surface area contributed by atoms with E-state index in [2.05, 4.69) is 4.98 Å². The Morgan fingerprint density at radius 3 is 2.53 bits per heavy atom. The highest BCUT2D eigenvalue weighted by molar-refractivity contribution is 7.92. The zero-order valence-electron chi connectivity index (χ0n) is 25.8. The second-order valence-electron chi connectivity index (χ2n) is 12.1. The molecule has 3 atom stereocenters. The molecule has 242 valence electrons. The van der Waals surface area contributed by atoms with E-state index in [0.29, 0.717) is 65.1 Å². The zero-order chi connectivity index (χ0) is 32.4. The Hall–Kier alpha value is -3.82. The number of likely N-dealkylation sites (tertiary alicyclic amines) is 1. The summed E-state index contributed by atoms with van der Waals surface area (Å²) in [6.45, 7) is 1.99. The Balaban J connectivity index is 1.47. The van der Waals surface area contributed by atoms with E-state index in [4.69, 9.17) is 20.2 Å². The van der Waals surface area contributed by atoms with Crippen LogP contribution in [0.5, 0.6) is 5.88 Å². The molecule has 12 nitrogen and oxygen atoms in total. The van der Waals surface area contributed by atoms with Gasteiger partial charge in [0.1, 0.15) is 22.8 Å². The Kier molecular flexibility index (Phi) is 7.98. The van der Waals surface area contributed by atoms with E-state index < -0.39 is 16.6 Å². The largest absolute Gasteiger partial charge is 0.482 e. The van der Waals surface area contributed by atoms with Crippen LogP contribution in [-0.2, 0) is 21.3 Å². The minimum absolute atomic E-state index is 0.0192. The average Bonchev–Trinajstić information content (AvgIpc) is 3.57. The van der Waals surface area contributed by atoms with Crippen LogP contribution in [0.15, 0.2) is 30.3 Å². The van der Waals surface area contributed by atoms with Crippen LogP contribution >= 0.6 is 0 Å². The van der Waals surface area contributed by atoms with Gasteiger partial charge < -0.3 is 24.7 Å². The van der Waals surface area contributed by atoms with Gasteiger partial charge in [-0.15, -0.1) is 0 Å². The van der Waals surface area contributed by atoms with E-state index in [-0.39, 0.29) is 34.0 Å². The van der Waals surface area contributed by atoms with Gasteiger partial charge in [-0.25, -0.2) is 18.4 Å². The molecule has 0 radical (unpaired) electrons. The number of carbonyl (C=O) groups excluding carboxylic acids is 1. The molecule has 1 saturated carbocycles. The number of hydrogen-bond acceptors (Lipinski definition) is 8. The van der Waals surface area contributed by atoms with Crippen molar-refractivity contribution in [2.24, 2.45) is 17.6 Å². The number of hydrogen-bond donors (Lipinski definition) is 1. The highest BCUT2D eigenvalue weighted by Crippen LogP contribution is 2.38. The number of rotatable bonds is 10. The Labute approximate surface area is 259 Å². The monoisotopic (exact) mass is 645 g/mol. The van der Waals surface area contributed by atoms with Crippen molar-refractivity contribution in [1.82, 2.24) is 23.8 Å². The predicted molar refractivity (Wildman–Crippen MR) is 165 cm³/mol. The van der Waals surface area contributed by atoms with Crippen LogP contribution in [0.2, 0.25) is 0 Å². The molecule has 1 aliphatic carbocycles. The van der Waals surface area contributed by atoms with E-state index in [1.165, 1.54) is 13.2 Å². The second kappa shape index (κ2) is 11.5. The molecule has 45 heavy (non-hydrogen) atoms. The van der Waals surface area contributed by atoms with Crippen molar-refractivity contribution >= 4 is 38.4 Å². The number of ether oxygens (including phenoxy) is 2. The Morgan fingerprint density at radius 1 is 1.18 bits per heavy atom. The lowest BCUT2D eigenvalue weighted by Crippen LogP contribution is -2.46. The number of nitrogens with two attached hydrogens (primary N) is 1. The highest BCUT2D eigenvalue weighted by atomic mass is 32.2. The summed E-state index contributed by atoms with van der Waals surface area (Å²) in [5.74, 6) is 0.330. The topological polar surface area (TPSA) is 137 Å². The lowest BCUT2D eigenvalue weighted by molar-refractivity contribution is 0.0614. The summed E-state index contributed by atoms with van der Waals surface area (Å²) < 4.78 is 66.9. The van der Waals surface area contributed by atoms with Gasteiger partial charge in [0.05, 0.1) is 37.4 Å². The van der Waals surface area contributed by atoms with Gasteiger partial charge in [-0.1, -0.05) is 6.92 Å². The summed E-state index contributed by atoms with van der Waals surface area (Å²) in [5.41, 5.74) is 9.70. The van der Waals surface area contributed by atoms with E-state index in [0.717, 1.165) is 24.8 Å². The number of carbonyl (C=O) groups is 1. The van der Waals surface area contributed by atoms with Gasteiger partial charge >= 0.3 is 6.55 Å². The fourth-order valence-electron chi connectivity index (χ4n) is 6.31. The van der Waals surface area contributed by atoms with E-state index in [1.54, 1.807) is 30.2 Å². The average molecular weight is 646 g/mol. The minimum Gasteiger partial charge on any atom is -0.482 e. The van der Waals surface area contributed by atoms with Gasteiger partial charge in [0.25, 0.3) is 5.91 Å². The predicted octanol–water partition coefficient (Wildman–Crippen LogP) is 3.50. The number of anilines is 1. The summed E-state index contributed by atoms with van der Waals surface area (Å²) in [6, 6.07) is 7.66. The molecule has 0 spiro atoms. The highest BCUT2D eigenvalue weighted by Gasteiger charge is 2.40. The number of aromatic nitrogens is 4. The lowest BCUT2D eigenvalue weighted by atomic mass is 10.0. The molecule has 2 aliphatic rings. The number of nitrogens with zero attached hydrogens (tertiary/aromatic N) is 6. The number of methoxy groups -OCH3 is 2. The lowest BCUT2D eigenvalue weighted by Gasteiger charge is -2.26. The number of imidazole rings is 1. The van der Waals surface area contributed by atoms with E-state index in [1.807, 2.05) is 28.9 Å². The van der Waals surface area contributed by atoms with Crippen molar-refractivity contribution in [2.45, 2.75) is 51.9 Å². The molecule has 0 bridgehead atoms. The molecule has 1 saturated heterocycles. The Morgan fingerprint density at radius 2 is 1.91 bits per heavy atom. The number of pyridine rings is 2. The summed E-state index contributed by atoms with van der Waals surface area (Å²) in [7, 11) is -1.17. The number of alkyl halides is 2. The molecule has 0 aromatic carbocycles. The first-order valence-corrected chi connectivity index (χ1v) is 16.6. The molecule has 1 amide bonds. The number of aryl methyl sites for hydroxylation is 1. The normalized spacial score (nSPS) is 20.6. The van der Waals surface area contributed by atoms with Gasteiger partial charge in [-0.2, -0.15) is 13.1 Å². The van der Waals surface area contributed by atoms with Crippen LogP contribution in [0.4, 0.5) is 14.6 Å². The molecule has 2 N–H and O–H groups in total.